The maximum absolute atomic E-state index is 13.0. The van der Waals surface area contributed by atoms with Gasteiger partial charge in [0.05, 0.1) is 10.5 Å². The number of hydrogen-bond donors (Lipinski definition) is 3. The van der Waals surface area contributed by atoms with E-state index < -0.39 is 33.7 Å². The summed E-state index contributed by atoms with van der Waals surface area (Å²) < 4.78 is 40.1. The minimum absolute atomic E-state index is 0.157. The molecule has 0 radical (unpaired) electrons. The van der Waals surface area contributed by atoms with E-state index in [-0.39, 0.29) is 21.9 Å². The van der Waals surface area contributed by atoms with Crippen molar-refractivity contribution in [2.45, 2.75) is 38.1 Å². The number of rotatable bonds is 7. The van der Waals surface area contributed by atoms with Gasteiger partial charge in [0.25, 0.3) is 5.91 Å². The first kappa shape index (κ1) is 21.0. The van der Waals surface area contributed by atoms with Gasteiger partial charge in [-0.3, -0.25) is 9.59 Å². The Morgan fingerprint density at radius 1 is 1.22 bits per heavy atom. The second kappa shape index (κ2) is 8.15. The van der Waals surface area contributed by atoms with Crippen LogP contribution in [0.25, 0.3) is 0 Å². The van der Waals surface area contributed by atoms with Crippen molar-refractivity contribution in [1.29, 1.82) is 0 Å². The van der Waals surface area contributed by atoms with Gasteiger partial charge in [-0.05, 0) is 50.1 Å². The topological polar surface area (TPSA) is 118 Å². The molecule has 2 aromatic rings. The zero-order valence-corrected chi connectivity index (χ0v) is 16.6. The summed E-state index contributed by atoms with van der Waals surface area (Å²) in [6.07, 6.45) is 0.168. The second-order valence-electron chi connectivity index (χ2n) is 5.88. The summed E-state index contributed by atoms with van der Waals surface area (Å²) in [7, 11) is -4.02. The maximum atomic E-state index is 13.0. The Bertz CT molecular complexity index is 969. The molecule has 1 unspecified atom stereocenters. The van der Waals surface area contributed by atoms with E-state index in [0.29, 0.717) is 5.56 Å². The van der Waals surface area contributed by atoms with Crippen molar-refractivity contribution < 1.29 is 22.4 Å². The predicted octanol–water partition coefficient (Wildman–Crippen LogP) is 2.30. The molecule has 7 nitrogen and oxygen atoms in total. The van der Waals surface area contributed by atoms with Crippen molar-refractivity contribution in [2.24, 2.45) is 5.73 Å². The lowest BCUT2D eigenvalue weighted by Crippen LogP contribution is -2.43. The summed E-state index contributed by atoms with van der Waals surface area (Å²) in [6, 6.07) is 3.18. The first-order valence-corrected chi connectivity index (χ1v) is 10.3. The zero-order valence-electron chi connectivity index (χ0n) is 15.0. The molecule has 10 heteroatoms. The molecule has 0 saturated carbocycles. The van der Waals surface area contributed by atoms with Gasteiger partial charge in [-0.1, -0.05) is 6.92 Å². The summed E-state index contributed by atoms with van der Waals surface area (Å²) in [5.74, 6) is -1.86. The van der Waals surface area contributed by atoms with Gasteiger partial charge < -0.3 is 11.1 Å². The van der Waals surface area contributed by atoms with Crippen LogP contribution in [0.4, 0.5) is 9.39 Å². The molecule has 0 spiro atoms. The molecule has 0 aliphatic carbocycles. The molecular weight excluding hydrogens is 393 g/mol. The number of nitrogens with two attached hydrogens (primary N) is 1. The molecule has 1 aromatic heterocycles. The smallest absolute Gasteiger partial charge is 0.251 e. The third kappa shape index (κ3) is 4.71. The maximum Gasteiger partial charge on any atom is 0.251 e. The molecule has 0 saturated heterocycles. The van der Waals surface area contributed by atoms with Gasteiger partial charge in [0.15, 0.2) is 0 Å². The van der Waals surface area contributed by atoms with Crippen LogP contribution < -0.4 is 15.8 Å². The van der Waals surface area contributed by atoms with E-state index in [1.165, 1.54) is 11.3 Å². The Labute approximate surface area is 160 Å². The zero-order chi connectivity index (χ0) is 20.4. The Hall–Kier alpha value is -2.30. The number of hydrogen-bond acceptors (Lipinski definition) is 5. The molecule has 0 bridgehead atoms. The SMILES string of the molecule is CCC(NS(=O)(=O)c1ccc(F)cc1)C(=O)Nc1sc(C)c(C)c1C(N)=O. The van der Waals surface area contributed by atoms with Crippen molar-refractivity contribution in [2.75, 3.05) is 5.32 Å². The number of nitrogens with one attached hydrogen (secondary N) is 2. The van der Waals surface area contributed by atoms with Crippen LogP contribution in [-0.4, -0.2) is 26.3 Å². The summed E-state index contributed by atoms with van der Waals surface area (Å²) in [5.41, 5.74) is 6.26. The van der Waals surface area contributed by atoms with E-state index in [4.69, 9.17) is 5.73 Å². The Balaban J connectivity index is 2.23. The fourth-order valence-corrected chi connectivity index (χ4v) is 4.75. The van der Waals surface area contributed by atoms with E-state index >= 15 is 0 Å². The Kier molecular flexibility index (Phi) is 6.34. The highest BCUT2D eigenvalue weighted by molar-refractivity contribution is 7.89. The van der Waals surface area contributed by atoms with Gasteiger partial charge >= 0.3 is 0 Å². The average molecular weight is 413 g/mol. The largest absolute Gasteiger partial charge is 0.365 e. The summed E-state index contributed by atoms with van der Waals surface area (Å²) in [4.78, 5) is 24.9. The summed E-state index contributed by atoms with van der Waals surface area (Å²) in [5, 5.41) is 2.86. The van der Waals surface area contributed by atoms with Crippen LogP contribution >= 0.6 is 11.3 Å². The van der Waals surface area contributed by atoms with Crippen molar-refractivity contribution in [3.8, 4) is 0 Å². The third-order valence-electron chi connectivity index (χ3n) is 4.01. The Morgan fingerprint density at radius 3 is 2.33 bits per heavy atom. The molecule has 146 valence electrons. The quantitative estimate of drug-likeness (QED) is 0.645. The van der Waals surface area contributed by atoms with E-state index in [9.17, 15) is 22.4 Å². The van der Waals surface area contributed by atoms with Crippen LogP contribution in [0.2, 0.25) is 0 Å². The first-order chi connectivity index (χ1) is 12.6. The molecule has 27 heavy (non-hydrogen) atoms. The monoisotopic (exact) mass is 413 g/mol. The highest BCUT2D eigenvalue weighted by Gasteiger charge is 2.26. The molecule has 1 atom stereocenters. The number of sulfonamides is 1. The number of benzene rings is 1. The molecule has 1 aromatic carbocycles. The van der Waals surface area contributed by atoms with Gasteiger partial charge in [0, 0.05) is 4.88 Å². The summed E-state index contributed by atoms with van der Waals surface area (Å²) >= 11 is 1.19. The fourth-order valence-electron chi connectivity index (χ4n) is 2.40. The highest BCUT2D eigenvalue weighted by Crippen LogP contribution is 2.32. The van der Waals surface area contributed by atoms with Crippen LogP contribution in [0.5, 0.6) is 0 Å². The van der Waals surface area contributed by atoms with Gasteiger partial charge in [-0.25, -0.2) is 12.8 Å². The molecular formula is C17H20FN3O4S2. The third-order valence-corrected chi connectivity index (χ3v) is 6.62. The molecule has 2 rings (SSSR count). The van der Waals surface area contributed by atoms with E-state index in [1.807, 2.05) is 0 Å². The van der Waals surface area contributed by atoms with Crippen molar-refractivity contribution in [1.82, 2.24) is 4.72 Å². The number of carbonyl (C=O) groups excluding carboxylic acids is 2. The summed E-state index contributed by atoms with van der Waals surface area (Å²) in [6.45, 7) is 5.14. The van der Waals surface area contributed by atoms with Crippen LogP contribution in [0, 0.1) is 19.7 Å². The standard InChI is InChI=1S/C17H20FN3O4S2/c1-4-13(21-27(24,25)12-7-5-11(18)6-8-12)16(23)20-17-14(15(19)22)9(2)10(3)26-17/h5-8,13,21H,4H2,1-3H3,(H2,19,22)(H,20,23). The van der Waals surface area contributed by atoms with E-state index in [1.54, 1.807) is 20.8 Å². The lowest BCUT2D eigenvalue weighted by molar-refractivity contribution is -0.117. The molecule has 0 fully saturated rings. The fraction of sp³-hybridized carbons (Fsp3) is 0.294. The molecule has 2 amide bonds. The Morgan fingerprint density at radius 2 is 1.81 bits per heavy atom. The van der Waals surface area contributed by atoms with E-state index in [2.05, 4.69) is 10.0 Å². The first-order valence-electron chi connectivity index (χ1n) is 8.05. The predicted molar refractivity (Wildman–Crippen MR) is 102 cm³/mol. The number of amides is 2. The minimum Gasteiger partial charge on any atom is -0.365 e. The molecule has 1 heterocycles. The molecule has 0 aliphatic rings. The van der Waals surface area contributed by atoms with Crippen molar-refractivity contribution >= 4 is 38.2 Å². The van der Waals surface area contributed by atoms with E-state index in [0.717, 1.165) is 29.1 Å². The van der Waals surface area contributed by atoms with Gasteiger partial charge in [-0.15, -0.1) is 11.3 Å². The number of primary amides is 1. The van der Waals surface area contributed by atoms with Gasteiger partial charge in [-0.2, -0.15) is 4.72 Å². The lowest BCUT2D eigenvalue weighted by atomic mass is 10.1. The normalized spacial score (nSPS) is 12.6. The van der Waals surface area contributed by atoms with Gasteiger partial charge in [0.2, 0.25) is 15.9 Å². The number of thiophene rings is 1. The van der Waals surface area contributed by atoms with Crippen molar-refractivity contribution in [3.63, 3.8) is 0 Å². The molecule has 0 aliphatic heterocycles. The van der Waals surface area contributed by atoms with Crippen LogP contribution in [0.1, 0.15) is 34.1 Å². The van der Waals surface area contributed by atoms with Gasteiger partial charge in [0.1, 0.15) is 16.9 Å². The average Bonchev–Trinajstić information content (AvgIpc) is 2.87. The molecule has 4 N–H and O–H groups in total. The lowest BCUT2D eigenvalue weighted by Gasteiger charge is -2.17. The minimum atomic E-state index is -4.02. The second-order valence-corrected chi connectivity index (χ2v) is 8.82. The number of halogens is 1. The number of carbonyl (C=O) groups is 2. The number of anilines is 1. The van der Waals surface area contributed by atoms with Crippen LogP contribution in [-0.2, 0) is 14.8 Å². The van der Waals surface area contributed by atoms with Crippen molar-refractivity contribution in [3.05, 3.63) is 46.1 Å². The van der Waals surface area contributed by atoms with Crippen LogP contribution in [0.15, 0.2) is 29.2 Å². The van der Waals surface area contributed by atoms with Crippen LogP contribution in [0.3, 0.4) is 0 Å². The number of aryl methyl sites for hydroxylation is 1. The highest BCUT2D eigenvalue weighted by atomic mass is 32.2.